The van der Waals surface area contributed by atoms with Crippen LogP contribution in [0.25, 0.3) is 0 Å². The van der Waals surface area contributed by atoms with Crippen molar-refractivity contribution < 1.29 is 135 Å². The van der Waals surface area contributed by atoms with Crippen LogP contribution in [0, 0.1) is 0 Å². The predicted molar refractivity (Wildman–Crippen MR) is 83.4 cm³/mol. The molecule has 0 heterocycles. The molecular formula is H8AlNaO24S6. The van der Waals surface area contributed by atoms with E-state index >= 15 is 0 Å². The number of hydrogen-bond donors (Lipinski definition) is 8. The van der Waals surface area contributed by atoms with Gasteiger partial charge in [0.25, 0.3) is 0 Å². The zero-order valence-corrected chi connectivity index (χ0v) is 22.2. The van der Waals surface area contributed by atoms with E-state index < -0.39 is 62.4 Å². The van der Waals surface area contributed by atoms with Crippen molar-refractivity contribution in [2.75, 3.05) is 0 Å². The first-order valence-electron chi connectivity index (χ1n) is 4.13. The largest absolute Gasteiger partial charge is 3.00 e. The summed E-state index contributed by atoms with van der Waals surface area (Å²) < 4.78 is 195. The van der Waals surface area contributed by atoms with Gasteiger partial charge in [0, 0.05) is 20.8 Å². The summed E-state index contributed by atoms with van der Waals surface area (Å²) in [6, 6.07) is 0. The fraction of sp³-hybridized carbons (Fsp3) is 0. The van der Waals surface area contributed by atoms with Crippen molar-refractivity contribution >= 4 is 79.8 Å². The Kier molecular flexibility index (Phi) is 37.4. The summed E-state index contributed by atoms with van der Waals surface area (Å²) >= 11 is 0. The van der Waals surface area contributed by atoms with Gasteiger partial charge in [0.05, 0.1) is 0 Å². The Morgan fingerprint density at radius 2 is 0.344 bits per heavy atom. The predicted octanol–water partition coefficient (Wildman–Crippen LogP) is -8.66. The summed E-state index contributed by atoms with van der Waals surface area (Å²) in [5, 5.41) is 0. The van der Waals surface area contributed by atoms with E-state index in [9.17, 15) is 0 Å². The molecule has 0 spiro atoms. The number of rotatable bonds is 0. The molecule has 24 nitrogen and oxygen atoms in total. The van der Waals surface area contributed by atoms with Crippen molar-refractivity contribution in [3.05, 3.63) is 0 Å². The van der Waals surface area contributed by atoms with Gasteiger partial charge in [-0.25, -0.2) is 0 Å². The van der Waals surface area contributed by atoms with E-state index in [1.807, 2.05) is 0 Å². The Morgan fingerprint density at radius 3 is 0.344 bits per heavy atom. The van der Waals surface area contributed by atoms with Crippen LogP contribution in [0.2, 0.25) is 0 Å². The molecule has 0 unspecified atom stereocenters. The van der Waals surface area contributed by atoms with Crippen LogP contribution in [-0.2, 0) is 62.4 Å². The third kappa shape index (κ3) is 48100. The van der Waals surface area contributed by atoms with Gasteiger partial charge in [0.2, 0.25) is 0 Å². The van der Waals surface area contributed by atoms with Gasteiger partial charge in [-0.2, -0.15) is 33.7 Å². The van der Waals surface area contributed by atoms with Crippen LogP contribution in [0.3, 0.4) is 0 Å². The Bertz CT molecular complexity index is 766. The molecule has 0 aromatic rings. The molecule has 0 bridgehead atoms. The topological polar surface area (TPSA) is 459 Å². The van der Waals surface area contributed by atoms with Crippen molar-refractivity contribution in [3.63, 3.8) is 0 Å². The average Bonchev–Trinajstić information content (AvgIpc) is 1.94. The zero-order valence-electron chi connectivity index (χ0n) is 14.1. The third-order valence-corrected chi connectivity index (χ3v) is 0. The first-order chi connectivity index (χ1) is 12.0. The van der Waals surface area contributed by atoms with Crippen molar-refractivity contribution in [1.29, 1.82) is 0 Å². The molecule has 0 aliphatic rings. The SMILES string of the molecule is O=S(=O)(O)O.O=S(=O)(O)O.O=S(=O)(O)O.O=S(=O)(O)O.O=S(=O)([O-])[O-].O=S(=O)([O-])[O-].[Al+3].[Na+]. The fourth-order valence-corrected chi connectivity index (χ4v) is 0. The standard InChI is InChI=1S/Al.Na.6H2O4S/c;;6*1-5(2,3)4/h;;6*(H2,1,2,3,4)/q+3;+1;;;;;;/p-4. The Labute approximate surface area is 212 Å². The molecule has 0 aromatic heterocycles. The summed E-state index contributed by atoms with van der Waals surface area (Å²) in [6.45, 7) is 0. The minimum atomic E-state index is -5.17. The summed E-state index contributed by atoms with van der Waals surface area (Å²) in [4.78, 5) is 0. The number of hydrogen-bond acceptors (Lipinski definition) is 16. The van der Waals surface area contributed by atoms with Crippen LogP contribution in [0.15, 0.2) is 0 Å². The minimum absolute atomic E-state index is 0. The van der Waals surface area contributed by atoms with Gasteiger partial charge in [0.15, 0.2) is 0 Å². The maximum atomic E-state index is 8.74. The van der Waals surface area contributed by atoms with Gasteiger partial charge >= 0.3 is 88.5 Å². The van der Waals surface area contributed by atoms with Crippen LogP contribution >= 0.6 is 0 Å². The summed E-state index contributed by atoms with van der Waals surface area (Å²) in [5.74, 6) is 0. The molecule has 0 aliphatic carbocycles. The van der Waals surface area contributed by atoms with Crippen LogP contribution in [0.5, 0.6) is 0 Å². The molecule has 8 N–H and O–H groups in total. The fourth-order valence-electron chi connectivity index (χ4n) is 0. The monoisotopic (exact) mass is 634 g/mol. The van der Waals surface area contributed by atoms with E-state index in [-0.39, 0.29) is 46.9 Å². The van der Waals surface area contributed by atoms with E-state index in [2.05, 4.69) is 0 Å². The molecule has 0 aromatic carbocycles. The van der Waals surface area contributed by atoms with Crippen molar-refractivity contribution in [1.82, 2.24) is 0 Å². The van der Waals surface area contributed by atoms with Gasteiger partial charge in [0.1, 0.15) is 0 Å². The summed E-state index contributed by atoms with van der Waals surface area (Å²) in [6.07, 6.45) is 0. The van der Waals surface area contributed by atoms with E-state index in [1.54, 1.807) is 0 Å². The van der Waals surface area contributed by atoms with Gasteiger partial charge in [-0.15, -0.1) is 0 Å². The first-order valence-corrected chi connectivity index (χ1v) is 12.4. The third-order valence-electron chi connectivity index (χ3n) is 0. The van der Waals surface area contributed by atoms with Crippen molar-refractivity contribution in [2.24, 2.45) is 0 Å². The van der Waals surface area contributed by atoms with Gasteiger partial charge in [-0.3, -0.25) is 53.3 Å². The van der Waals surface area contributed by atoms with Crippen LogP contribution < -0.4 is 29.6 Å². The Morgan fingerprint density at radius 1 is 0.344 bits per heavy atom. The molecule has 0 saturated heterocycles. The molecule has 0 amide bonds. The first kappa shape index (κ1) is 53.9. The van der Waals surface area contributed by atoms with Gasteiger partial charge in [-0.05, 0) is 0 Å². The molecule has 0 rings (SSSR count). The van der Waals surface area contributed by atoms with Gasteiger partial charge in [-0.1, -0.05) is 0 Å². The van der Waals surface area contributed by atoms with E-state index in [4.69, 9.17) is 105 Å². The zero-order chi connectivity index (χ0) is 27.0. The normalized spacial score (nSPS) is 10.9. The minimum Gasteiger partial charge on any atom is -0.759 e. The second-order valence-corrected chi connectivity index (χ2v) is 7.82. The van der Waals surface area contributed by atoms with Crippen LogP contribution in [-0.4, -0.2) is 123 Å². The summed E-state index contributed by atoms with van der Waals surface area (Å²) in [7, 11) is -29.0. The molecule has 0 aliphatic heterocycles. The Balaban J connectivity index is -0.0000000356. The molecule has 0 saturated carbocycles. The molecule has 192 valence electrons. The molecule has 0 radical (unpaired) electrons. The van der Waals surface area contributed by atoms with E-state index in [1.165, 1.54) is 0 Å². The second kappa shape index (κ2) is 22.2. The van der Waals surface area contributed by atoms with Crippen LogP contribution in [0.1, 0.15) is 0 Å². The molecular weight excluding hydrogens is 626 g/mol. The quantitative estimate of drug-likeness (QED) is 0.0696. The maximum Gasteiger partial charge on any atom is 3.00 e. The molecule has 0 atom stereocenters. The van der Waals surface area contributed by atoms with Gasteiger partial charge < -0.3 is 18.2 Å². The molecule has 0 fully saturated rings. The van der Waals surface area contributed by atoms with Crippen molar-refractivity contribution in [3.8, 4) is 0 Å². The van der Waals surface area contributed by atoms with Crippen molar-refractivity contribution in [2.45, 2.75) is 0 Å². The summed E-state index contributed by atoms with van der Waals surface area (Å²) in [5.41, 5.74) is 0. The maximum absolute atomic E-state index is 8.74. The Hall–Kier alpha value is 0.752. The average molecular weight is 634 g/mol. The smallest absolute Gasteiger partial charge is 0.759 e. The van der Waals surface area contributed by atoms with E-state index in [0.717, 1.165) is 0 Å². The second-order valence-electron chi connectivity index (χ2n) is 2.61. The van der Waals surface area contributed by atoms with E-state index in [0.29, 0.717) is 0 Å². The molecule has 32 heavy (non-hydrogen) atoms. The molecule has 32 heteroatoms. The van der Waals surface area contributed by atoms with Crippen LogP contribution in [0.4, 0.5) is 0 Å².